The second-order valence-electron chi connectivity index (χ2n) is 6.31. The standard InChI is InChI=1S/C16H21BrN2O/c1-12-5-6-13(9-14(12)17)16(20,15(2,3)4)10-19-8-7-18-11-19/h5-9,11,20H,10H2,1-4H3. The number of aliphatic hydroxyl groups is 1. The van der Waals surface area contributed by atoms with E-state index in [4.69, 9.17) is 0 Å². The quantitative estimate of drug-likeness (QED) is 0.923. The highest BCUT2D eigenvalue weighted by molar-refractivity contribution is 9.10. The van der Waals surface area contributed by atoms with Crippen molar-refractivity contribution in [3.8, 4) is 0 Å². The topological polar surface area (TPSA) is 38.0 Å². The van der Waals surface area contributed by atoms with E-state index in [2.05, 4.69) is 41.7 Å². The lowest BCUT2D eigenvalue weighted by Gasteiger charge is -2.41. The van der Waals surface area contributed by atoms with Crippen LogP contribution in [0.5, 0.6) is 0 Å². The maximum atomic E-state index is 11.3. The Labute approximate surface area is 128 Å². The molecule has 20 heavy (non-hydrogen) atoms. The van der Waals surface area contributed by atoms with Crippen molar-refractivity contribution in [2.24, 2.45) is 5.41 Å². The van der Waals surface area contributed by atoms with Crippen LogP contribution in [0.1, 0.15) is 31.9 Å². The van der Waals surface area contributed by atoms with Crippen molar-refractivity contribution < 1.29 is 5.11 Å². The maximum Gasteiger partial charge on any atom is 0.112 e. The summed E-state index contributed by atoms with van der Waals surface area (Å²) >= 11 is 3.55. The molecule has 4 heteroatoms. The Morgan fingerprint density at radius 2 is 2.00 bits per heavy atom. The molecular formula is C16H21BrN2O. The number of aryl methyl sites for hydroxylation is 1. The van der Waals surface area contributed by atoms with Gasteiger partial charge in [0, 0.05) is 16.9 Å². The molecule has 3 nitrogen and oxygen atoms in total. The number of aromatic nitrogens is 2. The van der Waals surface area contributed by atoms with Gasteiger partial charge >= 0.3 is 0 Å². The third kappa shape index (κ3) is 2.81. The van der Waals surface area contributed by atoms with Gasteiger partial charge in [-0.2, -0.15) is 0 Å². The average molecular weight is 337 g/mol. The minimum Gasteiger partial charge on any atom is -0.383 e. The van der Waals surface area contributed by atoms with Crippen molar-refractivity contribution in [2.75, 3.05) is 0 Å². The van der Waals surface area contributed by atoms with Crippen LogP contribution in [0.15, 0.2) is 41.4 Å². The predicted molar refractivity (Wildman–Crippen MR) is 84.5 cm³/mol. The summed E-state index contributed by atoms with van der Waals surface area (Å²) < 4.78 is 2.93. The molecule has 1 N–H and O–H groups in total. The molecule has 1 aromatic heterocycles. The van der Waals surface area contributed by atoms with Crippen molar-refractivity contribution in [2.45, 2.75) is 39.8 Å². The third-order valence-electron chi connectivity index (χ3n) is 3.86. The van der Waals surface area contributed by atoms with Gasteiger partial charge in [0.05, 0.1) is 12.9 Å². The van der Waals surface area contributed by atoms with Crippen LogP contribution in [-0.4, -0.2) is 14.7 Å². The fourth-order valence-electron chi connectivity index (χ4n) is 2.26. The normalized spacial score (nSPS) is 15.1. The smallest absolute Gasteiger partial charge is 0.112 e. The van der Waals surface area contributed by atoms with Gasteiger partial charge in [-0.1, -0.05) is 48.8 Å². The first-order valence-electron chi connectivity index (χ1n) is 6.69. The monoisotopic (exact) mass is 336 g/mol. The molecule has 0 aliphatic carbocycles. The Kier molecular flexibility index (Phi) is 4.07. The van der Waals surface area contributed by atoms with Crippen LogP contribution in [0, 0.1) is 12.3 Å². The number of imidazole rings is 1. The zero-order valence-corrected chi connectivity index (χ0v) is 14.0. The summed E-state index contributed by atoms with van der Waals surface area (Å²) in [7, 11) is 0. The highest BCUT2D eigenvalue weighted by atomic mass is 79.9. The van der Waals surface area contributed by atoms with E-state index in [-0.39, 0.29) is 5.41 Å². The van der Waals surface area contributed by atoms with Gasteiger partial charge in [0.25, 0.3) is 0 Å². The molecule has 2 aromatic rings. The molecule has 0 saturated carbocycles. The van der Waals surface area contributed by atoms with Crippen molar-refractivity contribution in [3.63, 3.8) is 0 Å². The second kappa shape index (κ2) is 5.34. The first kappa shape index (κ1) is 15.3. The largest absolute Gasteiger partial charge is 0.383 e. The lowest BCUT2D eigenvalue weighted by Crippen LogP contribution is -2.43. The molecule has 0 spiro atoms. The Bertz CT molecular complexity index is 587. The lowest BCUT2D eigenvalue weighted by atomic mass is 9.72. The summed E-state index contributed by atoms with van der Waals surface area (Å²) in [6, 6.07) is 6.05. The third-order valence-corrected chi connectivity index (χ3v) is 4.72. The maximum absolute atomic E-state index is 11.3. The molecule has 1 aromatic carbocycles. The van der Waals surface area contributed by atoms with Crippen LogP contribution in [0.4, 0.5) is 0 Å². The predicted octanol–water partition coefficient (Wildman–Crippen LogP) is 3.89. The van der Waals surface area contributed by atoms with E-state index < -0.39 is 5.60 Å². The van der Waals surface area contributed by atoms with Gasteiger partial charge in [-0.05, 0) is 29.5 Å². The van der Waals surface area contributed by atoms with Crippen LogP contribution < -0.4 is 0 Å². The Morgan fingerprint density at radius 3 is 2.50 bits per heavy atom. The van der Waals surface area contributed by atoms with Gasteiger partial charge < -0.3 is 9.67 Å². The van der Waals surface area contributed by atoms with Crippen molar-refractivity contribution >= 4 is 15.9 Å². The van der Waals surface area contributed by atoms with Crippen LogP contribution in [-0.2, 0) is 12.1 Å². The summed E-state index contributed by atoms with van der Waals surface area (Å²) in [5.74, 6) is 0. The minimum atomic E-state index is -0.968. The number of benzene rings is 1. The Hall–Kier alpha value is -1.13. The van der Waals surface area contributed by atoms with Gasteiger partial charge in [-0.15, -0.1) is 0 Å². The fraction of sp³-hybridized carbons (Fsp3) is 0.438. The molecular weight excluding hydrogens is 316 g/mol. The molecule has 1 heterocycles. The first-order valence-corrected chi connectivity index (χ1v) is 7.48. The molecule has 2 rings (SSSR count). The fourth-order valence-corrected chi connectivity index (χ4v) is 2.63. The summed E-state index contributed by atoms with van der Waals surface area (Å²) in [6.07, 6.45) is 5.34. The van der Waals surface area contributed by atoms with Gasteiger partial charge in [0.1, 0.15) is 5.60 Å². The van der Waals surface area contributed by atoms with Crippen LogP contribution in [0.3, 0.4) is 0 Å². The van der Waals surface area contributed by atoms with E-state index in [0.717, 1.165) is 15.6 Å². The summed E-state index contributed by atoms with van der Waals surface area (Å²) in [5, 5.41) is 11.3. The van der Waals surface area contributed by atoms with Crippen LogP contribution >= 0.6 is 15.9 Å². The summed E-state index contributed by atoms with van der Waals surface area (Å²) in [6.45, 7) is 8.68. The van der Waals surface area contributed by atoms with Gasteiger partial charge in [0.15, 0.2) is 0 Å². The molecule has 0 radical (unpaired) electrons. The Morgan fingerprint density at radius 1 is 1.30 bits per heavy atom. The van der Waals surface area contributed by atoms with E-state index in [1.54, 1.807) is 12.5 Å². The molecule has 0 bridgehead atoms. The van der Waals surface area contributed by atoms with E-state index in [1.807, 2.05) is 35.9 Å². The zero-order chi connectivity index (χ0) is 15.0. The van der Waals surface area contributed by atoms with Gasteiger partial charge in [-0.3, -0.25) is 0 Å². The Balaban J connectivity index is 2.49. The zero-order valence-electron chi connectivity index (χ0n) is 12.4. The molecule has 0 aliphatic heterocycles. The SMILES string of the molecule is Cc1ccc(C(O)(Cn2ccnc2)C(C)(C)C)cc1Br. The first-order chi connectivity index (χ1) is 9.24. The van der Waals surface area contributed by atoms with E-state index >= 15 is 0 Å². The highest BCUT2D eigenvalue weighted by Gasteiger charge is 2.42. The molecule has 0 amide bonds. The van der Waals surface area contributed by atoms with Gasteiger partial charge in [-0.25, -0.2) is 4.98 Å². The minimum absolute atomic E-state index is 0.300. The van der Waals surface area contributed by atoms with Crippen molar-refractivity contribution in [1.82, 2.24) is 9.55 Å². The van der Waals surface area contributed by atoms with Crippen LogP contribution in [0.2, 0.25) is 0 Å². The number of hydrogen-bond donors (Lipinski definition) is 1. The molecule has 0 aliphatic rings. The van der Waals surface area contributed by atoms with Crippen LogP contribution in [0.25, 0.3) is 0 Å². The molecule has 0 fully saturated rings. The van der Waals surface area contributed by atoms with Crippen molar-refractivity contribution in [3.05, 3.63) is 52.5 Å². The highest BCUT2D eigenvalue weighted by Crippen LogP contribution is 2.41. The van der Waals surface area contributed by atoms with Gasteiger partial charge in [0.2, 0.25) is 0 Å². The molecule has 0 saturated heterocycles. The number of rotatable bonds is 3. The van der Waals surface area contributed by atoms with E-state index in [9.17, 15) is 5.11 Å². The number of hydrogen-bond acceptors (Lipinski definition) is 2. The summed E-state index contributed by atoms with van der Waals surface area (Å²) in [5.41, 5.74) is 0.805. The van der Waals surface area contributed by atoms with E-state index in [1.165, 1.54) is 0 Å². The molecule has 1 atom stereocenters. The molecule has 1 unspecified atom stereocenters. The number of nitrogens with zero attached hydrogens (tertiary/aromatic N) is 2. The second-order valence-corrected chi connectivity index (χ2v) is 7.16. The van der Waals surface area contributed by atoms with Crippen molar-refractivity contribution in [1.29, 1.82) is 0 Å². The van der Waals surface area contributed by atoms with E-state index in [0.29, 0.717) is 6.54 Å². The average Bonchev–Trinajstić information content (AvgIpc) is 2.83. The summed E-state index contributed by atoms with van der Waals surface area (Å²) in [4.78, 5) is 4.06. The molecule has 108 valence electrons. The number of halogens is 1. The lowest BCUT2D eigenvalue weighted by molar-refractivity contribution is -0.0781.